The summed E-state index contributed by atoms with van der Waals surface area (Å²) in [6.07, 6.45) is 1.78. The molecule has 0 aliphatic rings. The number of hydrogen-bond acceptors (Lipinski definition) is 5. The van der Waals surface area contributed by atoms with E-state index in [-0.39, 0.29) is 0 Å². The number of benzene rings is 2. The molecule has 3 rings (SSSR count). The third-order valence-corrected chi connectivity index (χ3v) is 4.51. The zero-order chi connectivity index (χ0) is 17.6. The van der Waals surface area contributed by atoms with Gasteiger partial charge in [-0.2, -0.15) is 0 Å². The van der Waals surface area contributed by atoms with Gasteiger partial charge in [0.15, 0.2) is 0 Å². The van der Waals surface area contributed by atoms with Crippen LogP contribution in [0.1, 0.15) is 10.6 Å². The van der Waals surface area contributed by atoms with Crippen LogP contribution in [0.25, 0.3) is 22.9 Å². The summed E-state index contributed by atoms with van der Waals surface area (Å²) in [6, 6.07) is 17.3. The van der Waals surface area contributed by atoms with Crippen molar-refractivity contribution in [2.75, 3.05) is 14.2 Å². The lowest BCUT2D eigenvalue weighted by Crippen LogP contribution is -2.03. The molecule has 1 heterocycles. The highest BCUT2D eigenvalue weighted by Gasteiger charge is 2.17. The molecule has 0 aliphatic heterocycles. The number of aromatic nitrogens is 1. The average molecular weight is 351 g/mol. The second kappa shape index (κ2) is 7.77. The summed E-state index contributed by atoms with van der Waals surface area (Å²) in [5.74, 6) is 0.349. The van der Waals surface area contributed by atoms with Crippen molar-refractivity contribution in [3.8, 4) is 17.0 Å². The SMILES string of the molecule is COC(=O)/C(=C\c1ccc(OC)cc1)c1nc(-c2ccccc2)cs1. The fourth-order valence-electron chi connectivity index (χ4n) is 2.32. The number of methoxy groups -OCH3 is 2. The van der Waals surface area contributed by atoms with E-state index in [0.717, 1.165) is 22.6 Å². The first-order chi connectivity index (χ1) is 12.2. The van der Waals surface area contributed by atoms with Crippen LogP contribution in [0.3, 0.4) is 0 Å². The Kier molecular flexibility index (Phi) is 5.26. The van der Waals surface area contributed by atoms with Gasteiger partial charge in [0, 0.05) is 10.9 Å². The number of hydrogen-bond donors (Lipinski definition) is 0. The number of ether oxygens (including phenoxy) is 2. The Bertz CT molecular complexity index is 883. The van der Waals surface area contributed by atoms with Crippen LogP contribution in [0.5, 0.6) is 5.75 Å². The minimum Gasteiger partial charge on any atom is -0.497 e. The monoisotopic (exact) mass is 351 g/mol. The third kappa shape index (κ3) is 3.95. The number of rotatable bonds is 5. The van der Waals surface area contributed by atoms with E-state index >= 15 is 0 Å². The van der Waals surface area contributed by atoms with E-state index in [1.54, 1.807) is 13.2 Å². The standard InChI is InChI=1S/C20H17NO3S/c1-23-16-10-8-14(9-11-16)12-17(20(22)24-2)19-21-18(13-25-19)15-6-4-3-5-7-15/h3-13H,1-2H3/b17-12-. The maximum Gasteiger partial charge on any atom is 0.340 e. The number of esters is 1. The normalized spacial score (nSPS) is 11.2. The van der Waals surface area contributed by atoms with E-state index in [4.69, 9.17) is 9.47 Å². The first kappa shape index (κ1) is 16.9. The predicted molar refractivity (Wildman–Crippen MR) is 100 cm³/mol. The Morgan fingerprint density at radius 1 is 1.04 bits per heavy atom. The van der Waals surface area contributed by atoms with Crippen molar-refractivity contribution < 1.29 is 14.3 Å². The summed E-state index contributed by atoms with van der Waals surface area (Å²) in [6.45, 7) is 0. The Morgan fingerprint density at radius 3 is 2.40 bits per heavy atom. The molecule has 1 aromatic heterocycles. The van der Waals surface area contributed by atoms with E-state index < -0.39 is 5.97 Å². The van der Waals surface area contributed by atoms with Crippen LogP contribution in [0.15, 0.2) is 60.0 Å². The molecule has 0 atom stereocenters. The van der Waals surface area contributed by atoms with Crippen LogP contribution < -0.4 is 4.74 Å². The van der Waals surface area contributed by atoms with E-state index in [1.807, 2.05) is 60.0 Å². The second-order valence-electron chi connectivity index (χ2n) is 5.23. The molecular formula is C20H17NO3S. The Labute approximate surface area is 150 Å². The van der Waals surface area contributed by atoms with Gasteiger partial charge in [0.25, 0.3) is 0 Å². The van der Waals surface area contributed by atoms with Crippen LogP contribution in [0.4, 0.5) is 0 Å². The zero-order valence-electron chi connectivity index (χ0n) is 13.9. The molecule has 3 aromatic rings. The fourth-order valence-corrected chi connectivity index (χ4v) is 3.16. The molecule has 0 amide bonds. The molecule has 0 radical (unpaired) electrons. The maximum atomic E-state index is 12.2. The smallest absolute Gasteiger partial charge is 0.340 e. The van der Waals surface area contributed by atoms with Crippen molar-refractivity contribution in [3.05, 3.63) is 70.5 Å². The summed E-state index contributed by atoms with van der Waals surface area (Å²) in [7, 11) is 2.99. The summed E-state index contributed by atoms with van der Waals surface area (Å²) in [5.41, 5.74) is 3.15. The Hall–Kier alpha value is -2.92. The Morgan fingerprint density at radius 2 is 1.76 bits per heavy atom. The van der Waals surface area contributed by atoms with Crippen molar-refractivity contribution in [2.24, 2.45) is 0 Å². The Balaban J connectivity index is 1.97. The highest BCUT2D eigenvalue weighted by molar-refractivity contribution is 7.11. The molecule has 4 nitrogen and oxygen atoms in total. The lowest BCUT2D eigenvalue weighted by molar-refractivity contribution is -0.133. The van der Waals surface area contributed by atoms with Crippen molar-refractivity contribution in [2.45, 2.75) is 0 Å². The van der Waals surface area contributed by atoms with Gasteiger partial charge in [0.05, 0.1) is 25.5 Å². The highest BCUT2D eigenvalue weighted by Crippen LogP contribution is 2.28. The number of thiazole rings is 1. The van der Waals surface area contributed by atoms with Crippen molar-refractivity contribution in [3.63, 3.8) is 0 Å². The molecule has 0 N–H and O–H groups in total. The van der Waals surface area contributed by atoms with Crippen molar-refractivity contribution in [1.82, 2.24) is 4.98 Å². The first-order valence-corrected chi connectivity index (χ1v) is 8.54. The summed E-state index contributed by atoms with van der Waals surface area (Å²) in [5, 5.41) is 2.57. The van der Waals surface area contributed by atoms with Crippen LogP contribution in [-0.2, 0) is 9.53 Å². The van der Waals surface area contributed by atoms with Crippen LogP contribution >= 0.6 is 11.3 Å². The van der Waals surface area contributed by atoms with Crippen molar-refractivity contribution >= 4 is 29.0 Å². The van der Waals surface area contributed by atoms with E-state index in [9.17, 15) is 4.79 Å². The largest absolute Gasteiger partial charge is 0.497 e. The quantitative estimate of drug-likeness (QED) is 0.500. The van der Waals surface area contributed by atoms with Gasteiger partial charge < -0.3 is 9.47 Å². The van der Waals surface area contributed by atoms with Crippen molar-refractivity contribution in [1.29, 1.82) is 0 Å². The number of carbonyl (C=O) groups is 1. The molecule has 25 heavy (non-hydrogen) atoms. The lowest BCUT2D eigenvalue weighted by Gasteiger charge is -2.04. The third-order valence-electron chi connectivity index (χ3n) is 3.64. The summed E-state index contributed by atoms with van der Waals surface area (Å²) < 4.78 is 10.1. The molecule has 0 saturated heterocycles. The molecule has 0 bridgehead atoms. The molecule has 0 spiro atoms. The van der Waals surface area contributed by atoms with E-state index in [1.165, 1.54) is 18.4 Å². The fraction of sp³-hybridized carbons (Fsp3) is 0.100. The van der Waals surface area contributed by atoms with Gasteiger partial charge in [0.2, 0.25) is 0 Å². The molecule has 2 aromatic carbocycles. The molecule has 0 fully saturated rings. The van der Waals surface area contributed by atoms with E-state index in [2.05, 4.69) is 4.98 Å². The summed E-state index contributed by atoms with van der Waals surface area (Å²) in [4.78, 5) is 16.8. The molecule has 0 aliphatic carbocycles. The van der Waals surface area contributed by atoms with Gasteiger partial charge >= 0.3 is 5.97 Å². The predicted octanol–water partition coefficient (Wildman–Crippen LogP) is 4.53. The second-order valence-corrected chi connectivity index (χ2v) is 6.08. The van der Waals surface area contributed by atoms with Gasteiger partial charge in [-0.25, -0.2) is 9.78 Å². The maximum absolute atomic E-state index is 12.2. The van der Waals surface area contributed by atoms with Gasteiger partial charge in [0.1, 0.15) is 10.8 Å². The molecule has 126 valence electrons. The van der Waals surface area contributed by atoms with Gasteiger partial charge in [-0.05, 0) is 23.8 Å². The van der Waals surface area contributed by atoms with Gasteiger partial charge in [-0.1, -0.05) is 42.5 Å². The molecule has 0 unspecified atom stereocenters. The average Bonchev–Trinajstić information content (AvgIpc) is 3.16. The number of nitrogens with zero attached hydrogens (tertiary/aromatic N) is 1. The summed E-state index contributed by atoms with van der Waals surface area (Å²) >= 11 is 1.42. The van der Waals surface area contributed by atoms with Gasteiger partial charge in [-0.15, -0.1) is 11.3 Å². The molecular weight excluding hydrogens is 334 g/mol. The lowest BCUT2D eigenvalue weighted by atomic mass is 10.1. The van der Waals surface area contributed by atoms with Crippen LogP contribution in [0.2, 0.25) is 0 Å². The van der Waals surface area contributed by atoms with Crippen LogP contribution in [-0.4, -0.2) is 25.2 Å². The minimum atomic E-state index is -0.412. The van der Waals surface area contributed by atoms with Gasteiger partial charge in [-0.3, -0.25) is 0 Å². The van der Waals surface area contributed by atoms with E-state index in [0.29, 0.717) is 10.6 Å². The molecule has 5 heteroatoms. The topological polar surface area (TPSA) is 48.4 Å². The molecule has 0 saturated carbocycles. The van der Waals surface area contributed by atoms with Crippen LogP contribution in [0, 0.1) is 0 Å². The highest BCUT2D eigenvalue weighted by atomic mass is 32.1. The number of carbonyl (C=O) groups excluding carboxylic acids is 1. The minimum absolute atomic E-state index is 0.412. The zero-order valence-corrected chi connectivity index (χ0v) is 14.7. The first-order valence-electron chi connectivity index (χ1n) is 7.66.